The first-order valence-electron chi connectivity index (χ1n) is 14.3. The number of nitrogens with one attached hydrogen (secondary N) is 2. The molecule has 0 aliphatic carbocycles. The van der Waals surface area contributed by atoms with Crippen LogP contribution in [0.2, 0.25) is 22.2 Å². The summed E-state index contributed by atoms with van der Waals surface area (Å²) in [5, 5.41) is 14.3. The zero-order chi connectivity index (χ0) is 29.7. The van der Waals surface area contributed by atoms with Gasteiger partial charge >= 0.3 is 17.1 Å². The number of aliphatic hydroxyl groups is 1. The molecule has 40 heavy (non-hydrogen) atoms. The molecule has 14 heteroatoms. The van der Waals surface area contributed by atoms with Crippen molar-refractivity contribution in [3.8, 4) is 0 Å². The molecule has 0 radical (unpaired) electrons. The van der Waals surface area contributed by atoms with E-state index in [9.17, 15) is 14.7 Å². The number of nitrogens with zero attached hydrogens (tertiary/aromatic N) is 3. The summed E-state index contributed by atoms with van der Waals surface area (Å²) in [6.45, 7) is 20.8. The molecule has 2 saturated heterocycles. The maximum absolute atomic E-state index is 12.8. The van der Waals surface area contributed by atoms with E-state index >= 15 is 0 Å². The van der Waals surface area contributed by atoms with Gasteiger partial charge in [-0.15, -0.1) is 0 Å². The molecule has 2 aromatic rings. The highest BCUT2D eigenvalue weighted by Crippen LogP contribution is 2.48. The predicted octanol–water partition coefficient (Wildman–Crippen LogP) is 3.93. The minimum Gasteiger partial charge on any atom is -0.414 e. The van der Waals surface area contributed by atoms with Crippen LogP contribution in [-0.2, 0) is 22.5 Å². The van der Waals surface area contributed by atoms with Crippen molar-refractivity contribution in [3.05, 3.63) is 16.7 Å². The number of anilines is 1. The van der Waals surface area contributed by atoms with E-state index in [-0.39, 0.29) is 57.7 Å². The Balaban J connectivity index is 1.76. The van der Waals surface area contributed by atoms with Crippen molar-refractivity contribution < 1.29 is 27.6 Å². The highest BCUT2D eigenvalue weighted by molar-refractivity contribution is 6.84. The monoisotopic (exact) mass is 595 g/mol. The third-order valence-electron chi connectivity index (χ3n) is 8.11. The van der Waals surface area contributed by atoms with E-state index in [0.29, 0.717) is 0 Å². The van der Waals surface area contributed by atoms with Gasteiger partial charge in [-0.2, -0.15) is 4.98 Å². The first-order chi connectivity index (χ1) is 18.6. The molecule has 12 nitrogen and oxygen atoms in total. The van der Waals surface area contributed by atoms with Gasteiger partial charge < -0.3 is 22.8 Å². The Morgan fingerprint density at radius 1 is 1.05 bits per heavy atom. The maximum Gasteiger partial charge on any atom is 0.335 e. The summed E-state index contributed by atoms with van der Waals surface area (Å²) in [6.07, 6.45) is -1.92. The Morgan fingerprint density at radius 2 is 1.65 bits per heavy atom. The summed E-state index contributed by atoms with van der Waals surface area (Å²) in [7, 11) is -5.75. The molecule has 4 heterocycles. The Morgan fingerprint density at radius 3 is 2.20 bits per heavy atom. The average molecular weight is 596 g/mol. The number of aromatic nitrogens is 4. The van der Waals surface area contributed by atoms with E-state index < -0.39 is 47.2 Å². The van der Waals surface area contributed by atoms with Crippen LogP contribution in [0.25, 0.3) is 11.2 Å². The molecule has 3 N–H and O–H groups in total. The van der Waals surface area contributed by atoms with Gasteiger partial charge in [0.25, 0.3) is 5.56 Å². The second-order valence-electron chi connectivity index (χ2n) is 12.5. The number of fused-ring (bicyclic) bond motifs is 2. The maximum atomic E-state index is 12.8. The summed E-state index contributed by atoms with van der Waals surface area (Å²) in [6, 6.07) is 0. The average Bonchev–Trinajstić information content (AvgIpc) is 3.39. The molecule has 0 spiro atoms. The largest absolute Gasteiger partial charge is 0.414 e. The molecular formula is C26H45N5O7Si2. The van der Waals surface area contributed by atoms with Gasteiger partial charge in [-0.1, -0.05) is 69.2 Å². The lowest BCUT2D eigenvalue weighted by atomic mass is 10.1. The van der Waals surface area contributed by atoms with Gasteiger partial charge in [0.1, 0.15) is 18.3 Å². The standard InChI is InChI=1S/C26H45N5O7Si2/c1-13(2)23(33)29-26-28-22-19(24(34)30-26)27-12-31(22)25-20(32)21-18(36-25)11-35-39(14(3)4,15(5)6)38-40(37-21,16(7)8)17(9)10/h12-18,20-21,25,32H,11H2,1-10H3,(H2,28,29,30,33,34)/t18-,20+,21-,25+/m0/s1. The molecule has 2 fully saturated rings. The second kappa shape index (κ2) is 11.4. The molecule has 0 bridgehead atoms. The first kappa shape index (κ1) is 31.0. The summed E-state index contributed by atoms with van der Waals surface area (Å²) >= 11 is 0. The molecule has 1 amide bonds. The molecular weight excluding hydrogens is 550 g/mol. The zero-order valence-electron chi connectivity index (χ0n) is 25.2. The van der Waals surface area contributed by atoms with Crippen LogP contribution in [0.1, 0.15) is 75.5 Å². The number of ether oxygens (including phenoxy) is 1. The van der Waals surface area contributed by atoms with E-state index in [4.69, 9.17) is 17.7 Å². The fourth-order valence-electron chi connectivity index (χ4n) is 5.80. The lowest BCUT2D eigenvalue weighted by Crippen LogP contribution is -2.65. The minimum absolute atomic E-state index is 0.000117. The highest BCUT2D eigenvalue weighted by Gasteiger charge is 2.61. The summed E-state index contributed by atoms with van der Waals surface area (Å²) in [5.74, 6) is -0.596. The Kier molecular flexibility index (Phi) is 8.82. The number of H-pyrrole nitrogens is 1. The number of amides is 1. The number of hydrogen-bond donors (Lipinski definition) is 3. The number of carbonyl (C=O) groups excluding carboxylic acids is 1. The van der Waals surface area contributed by atoms with Gasteiger partial charge in [-0.25, -0.2) is 4.98 Å². The molecule has 4 atom stereocenters. The zero-order valence-corrected chi connectivity index (χ0v) is 27.2. The van der Waals surface area contributed by atoms with Crippen molar-refractivity contribution in [2.75, 3.05) is 11.9 Å². The number of imidazole rings is 1. The van der Waals surface area contributed by atoms with E-state index in [1.54, 1.807) is 13.8 Å². The van der Waals surface area contributed by atoms with Crippen LogP contribution in [0.5, 0.6) is 0 Å². The van der Waals surface area contributed by atoms with Crippen LogP contribution in [0, 0.1) is 5.92 Å². The number of rotatable bonds is 7. The molecule has 4 rings (SSSR count). The molecule has 2 aliphatic heterocycles. The quantitative estimate of drug-likeness (QED) is 0.405. The normalized spacial score (nSPS) is 26.6. The summed E-state index contributed by atoms with van der Waals surface area (Å²) in [4.78, 5) is 36.2. The van der Waals surface area contributed by atoms with Crippen molar-refractivity contribution in [2.24, 2.45) is 5.92 Å². The van der Waals surface area contributed by atoms with Gasteiger partial charge in [-0.3, -0.25) is 24.5 Å². The predicted molar refractivity (Wildman–Crippen MR) is 155 cm³/mol. The lowest BCUT2D eigenvalue weighted by molar-refractivity contribution is -0.118. The Labute approximate surface area is 237 Å². The summed E-state index contributed by atoms with van der Waals surface area (Å²) in [5.41, 5.74) is 0.271. The number of aliphatic hydroxyl groups excluding tert-OH is 1. The molecule has 0 unspecified atom stereocenters. The molecule has 2 aliphatic rings. The van der Waals surface area contributed by atoms with Gasteiger partial charge in [0.05, 0.1) is 12.9 Å². The van der Waals surface area contributed by atoms with Gasteiger partial charge in [-0.05, 0) is 22.2 Å². The van der Waals surface area contributed by atoms with Crippen LogP contribution in [-0.4, -0.2) is 72.6 Å². The van der Waals surface area contributed by atoms with E-state index in [2.05, 4.69) is 75.7 Å². The second-order valence-corrected chi connectivity index (χ2v) is 21.3. The van der Waals surface area contributed by atoms with Crippen LogP contribution in [0.4, 0.5) is 5.95 Å². The fraction of sp³-hybridized carbons (Fsp3) is 0.769. The smallest absolute Gasteiger partial charge is 0.335 e. The van der Waals surface area contributed by atoms with E-state index in [0.717, 1.165) is 0 Å². The van der Waals surface area contributed by atoms with Crippen LogP contribution in [0.3, 0.4) is 0 Å². The van der Waals surface area contributed by atoms with Crippen molar-refractivity contribution in [1.29, 1.82) is 0 Å². The van der Waals surface area contributed by atoms with Crippen molar-refractivity contribution in [2.45, 2.75) is 116 Å². The lowest BCUT2D eigenvalue weighted by Gasteiger charge is -2.51. The third kappa shape index (κ3) is 5.23. The van der Waals surface area contributed by atoms with Gasteiger partial charge in [0, 0.05) is 5.92 Å². The number of carbonyl (C=O) groups is 1. The first-order valence-corrected chi connectivity index (χ1v) is 18.2. The van der Waals surface area contributed by atoms with Gasteiger partial charge in [0.2, 0.25) is 11.9 Å². The Bertz CT molecular complexity index is 1260. The van der Waals surface area contributed by atoms with Crippen LogP contribution >= 0.6 is 0 Å². The van der Waals surface area contributed by atoms with E-state index in [1.165, 1.54) is 10.9 Å². The topological polar surface area (TPSA) is 150 Å². The molecule has 0 aromatic carbocycles. The molecule has 2 aromatic heterocycles. The highest BCUT2D eigenvalue weighted by atomic mass is 28.5. The summed E-state index contributed by atoms with van der Waals surface area (Å²) < 4.78 is 28.9. The van der Waals surface area contributed by atoms with Gasteiger partial charge in [0.15, 0.2) is 17.4 Å². The third-order valence-corrected chi connectivity index (χ3v) is 18.4. The Hall–Kier alpha value is -1.95. The van der Waals surface area contributed by atoms with Crippen LogP contribution < -0.4 is 10.9 Å². The molecule has 0 saturated carbocycles. The number of aromatic amines is 1. The SMILES string of the molecule is CC(C)C(=O)Nc1nc2c(ncn2[C@@H]2O[C@H]3CO[Si](C(C)C)(C(C)C)O[Si](C(C)C)(C(C)C)O[C@@H]3[C@H]2O)c(=O)[nH]1. The van der Waals surface area contributed by atoms with Crippen LogP contribution in [0.15, 0.2) is 11.1 Å². The van der Waals surface area contributed by atoms with Crippen molar-refractivity contribution in [3.63, 3.8) is 0 Å². The minimum atomic E-state index is -2.97. The van der Waals surface area contributed by atoms with Crippen molar-refractivity contribution >= 4 is 40.1 Å². The van der Waals surface area contributed by atoms with E-state index in [1.807, 2.05) is 0 Å². The van der Waals surface area contributed by atoms with Crippen molar-refractivity contribution in [1.82, 2.24) is 19.5 Å². The fourth-order valence-corrected chi connectivity index (χ4v) is 17.0. The number of hydrogen-bond acceptors (Lipinski definition) is 9. The molecule has 224 valence electrons.